The maximum absolute atomic E-state index is 11.8. The predicted octanol–water partition coefficient (Wildman–Crippen LogP) is 3.71. The van der Waals surface area contributed by atoms with Crippen molar-refractivity contribution in [2.75, 3.05) is 21.3 Å². The normalized spacial score (nSPS) is 13.0. The number of hydrogen-bond donors (Lipinski definition) is 0. The third-order valence-electron chi connectivity index (χ3n) is 3.71. The van der Waals surface area contributed by atoms with E-state index in [1.807, 2.05) is 0 Å². The molecule has 0 aromatic heterocycles. The van der Waals surface area contributed by atoms with E-state index in [1.165, 1.54) is 12.8 Å². The van der Waals surface area contributed by atoms with Crippen LogP contribution in [0.5, 0.6) is 0 Å². The molecule has 0 N–H and O–H groups in total. The fourth-order valence-electron chi connectivity index (χ4n) is 2.21. The van der Waals surface area contributed by atoms with Crippen LogP contribution in [-0.4, -0.2) is 42.2 Å². The van der Waals surface area contributed by atoms with Gasteiger partial charge in [-0.1, -0.05) is 32.8 Å². The summed E-state index contributed by atoms with van der Waals surface area (Å²) in [5.41, 5.74) is 0.423. The van der Waals surface area contributed by atoms with Crippen molar-refractivity contribution in [3.63, 3.8) is 0 Å². The van der Waals surface area contributed by atoms with Gasteiger partial charge in [0.2, 0.25) is 0 Å². The van der Waals surface area contributed by atoms with E-state index in [2.05, 4.69) is 13.5 Å². The molecule has 0 spiro atoms. The Kier molecular flexibility index (Phi) is 11.4. The van der Waals surface area contributed by atoms with Gasteiger partial charge >= 0.3 is 14.8 Å². The Morgan fingerprint density at radius 3 is 2.09 bits per heavy atom. The summed E-state index contributed by atoms with van der Waals surface area (Å²) in [4.78, 5) is 11.8. The minimum atomic E-state index is -2.63. The largest absolute Gasteiger partial charge is 0.500 e. The maximum Gasteiger partial charge on any atom is 0.500 e. The van der Waals surface area contributed by atoms with Crippen molar-refractivity contribution in [3.8, 4) is 0 Å². The average molecular weight is 333 g/mol. The van der Waals surface area contributed by atoms with Crippen LogP contribution in [0.2, 0.25) is 6.04 Å². The molecule has 0 aliphatic carbocycles. The molecule has 1 unspecified atom stereocenters. The van der Waals surface area contributed by atoms with Crippen LogP contribution in [0.15, 0.2) is 12.2 Å². The van der Waals surface area contributed by atoms with Crippen LogP contribution in [0.25, 0.3) is 0 Å². The van der Waals surface area contributed by atoms with Gasteiger partial charge in [-0.15, -0.1) is 0 Å². The first-order chi connectivity index (χ1) is 10.4. The zero-order chi connectivity index (χ0) is 17.0. The van der Waals surface area contributed by atoms with Crippen molar-refractivity contribution >= 4 is 14.8 Å². The molecule has 0 aromatic carbocycles. The Balaban J connectivity index is 4.55. The number of esters is 1. The van der Waals surface area contributed by atoms with E-state index < -0.39 is 8.80 Å². The van der Waals surface area contributed by atoms with E-state index in [9.17, 15) is 4.79 Å². The van der Waals surface area contributed by atoms with Gasteiger partial charge in [-0.05, 0) is 26.2 Å². The Hall–Kier alpha value is -0.693. The second kappa shape index (κ2) is 11.8. The first-order valence-electron chi connectivity index (χ1n) is 7.96. The highest BCUT2D eigenvalue weighted by Crippen LogP contribution is 2.21. The lowest BCUT2D eigenvalue weighted by Gasteiger charge is -2.26. The molecule has 130 valence electrons. The summed E-state index contributed by atoms with van der Waals surface area (Å²) >= 11 is 0. The monoisotopic (exact) mass is 332 g/mol. The van der Waals surface area contributed by atoms with Crippen LogP contribution in [0.4, 0.5) is 0 Å². The summed E-state index contributed by atoms with van der Waals surface area (Å²) in [7, 11) is 2.15. The van der Waals surface area contributed by atoms with Crippen LogP contribution < -0.4 is 0 Å². The summed E-state index contributed by atoms with van der Waals surface area (Å²) in [6.45, 7) is 7.47. The topological polar surface area (TPSA) is 54.0 Å². The van der Waals surface area contributed by atoms with Crippen molar-refractivity contribution in [1.82, 2.24) is 0 Å². The lowest BCUT2D eigenvalue weighted by atomic mass is 10.1. The van der Waals surface area contributed by atoms with Crippen LogP contribution in [0, 0.1) is 0 Å². The minimum absolute atomic E-state index is 0.145. The summed E-state index contributed by atoms with van der Waals surface area (Å²) < 4.78 is 21.8. The van der Waals surface area contributed by atoms with Crippen LogP contribution in [-0.2, 0) is 22.8 Å². The van der Waals surface area contributed by atoms with Gasteiger partial charge in [0.05, 0.1) is 0 Å². The minimum Gasteiger partial charge on any atom is -0.459 e. The zero-order valence-electron chi connectivity index (χ0n) is 14.8. The molecule has 0 aromatic rings. The highest BCUT2D eigenvalue weighted by atomic mass is 28.4. The van der Waals surface area contributed by atoms with Crippen LogP contribution in [0.1, 0.15) is 52.4 Å². The fraction of sp³-hybridized carbons (Fsp3) is 0.812. The second-order valence-electron chi connectivity index (χ2n) is 5.49. The molecule has 0 fully saturated rings. The molecule has 0 saturated carbocycles. The summed E-state index contributed by atoms with van der Waals surface area (Å²) in [6, 6.07) is 0.623. The third kappa shape index (κ3) is 8.08. The van der Waals surface area contributed by atoms with Gasteiger partial charge in [0.15, 0.2) is 0 Å². The molecular weight excluding hydrogens is 300 g/mol. The summed E-state index contributed by atoms with van der Waals surface area (Å²) in [5, 5.41) is 0. The molecule has 6 heteroatoms. The standard InChI is InChI=1S/C16H32O5Si/c1-7-8-9-10-11-15(21-16(17)14(2)3)12-13-22(18-4,19-5)20-6/h15H,2,7-13H2,1,3-6H3. The first-order valence-corrected chi connectivity index (χ1v) is 9.89. The molecule has 0 saturated heterocycles. The number of rotatable bonds is 13. The zero-order valence-corrected chi connectivity index (χ0v) is 15.8. The van der Waals surface area contributed by atoms with Gasteiger partial charge in [-0.25, -0.2) is 4.79 Å². The number of carbonyl (C=O) groups excluding carboxylic acids is 1. The van der Waals surface area contributed by atoms with Crippen LogP contribution in [0.3, 0.4) is 0 Å². The lowest BCUT2D eigenvalue weighted by Crippen LogP contribution is -2.43. The summed E-state index contributed by atoms with van der Waals surface area (Å²) in [5.74, 6) is -0.333. The highest BCUT2D eigenvalue weighted by molar-refractivity contribution is 6.60. The van der Waals surface area contributed by atoms with Gasteiger partial charge in [-0.2, -0.15) is 0 Å². The number of unbranched alkanes of at least 4 members (excludes halogenated alkanes) is 3. The van der Waals surface area contributed by atoms with E-state index in [0.29, 0.717) is 18.0 Å². The van der Waals surface area contributed by atoms with Crippen molar-refractivity contribution in [2.45, 2.75) is 64.5 Å². The van der Waals surface area contributed by atoms with Gasteiger partial charge in [0.1, 0.15) is 6.10 Å². The molecule has 0 aliphatic heterocycles. The van der Waals surface area contributed by atoms with E-state index in [0.717, 1.165) is 19.3 Å². The van der Waals surface area contributed by atoms with Gasteiger partial charge < -0.3 is 18.0 Å². The van der Waals surface area contributed by atoms with E-state index in [1.54, 1.807) is 28.3 Å². The fourth-order valence-corrected chi connectivity index (χ4v) is 3.99. The maximum atomic E-state index is 11.8. The Morgan fingerprint density at radius 1 is 1.05 bits per heavy atom. The number of ether oxygens (including phenoxy) is 1. The molecule has 0 aliphatic rings. The second-order valence-corrected chi connectivity index (χ2v) is 8.58. The van der Waals surface area contributed by atoms with Crippen molar-refractivity contribution < 1.29 is 22.8 Å². The SMILES string of the molecule is C=C(C)C(=O)OC(CCCCCC)CC[Si](OC)(OC)OC. The van der Waals surface area contributed by atoms with E-state index >= 15 is 0 Å². The molecule has 0 heterocycles. The molecule has 1 atom stereocenters. The van der Waals surface area contributed by atoms with Gasteiger partial charge in [0, 0.05) is 32.9 Å². The molecule has 0 rings (SSSR count). The van der Waals surface area contributed by atoms with Gasteiger partial charge in [-0.3, -0.25) is 0 Å². The van der Waals surface area contributed by atoms with Crippen molar-refractivity contribution in [1.29, 1.82) is 0 Å². The Morgan fingerprint density at radius 2 is 1.64 bits per heavy atom. The highest BCUT2D eigenvalue weighted by Gasteiger charge is 2.38. The molecule has 0 radical (unpaired) electrons. The number of hydrogen-bond acceptors (Lipinski definition) is 5. The molecule has 0 bridgehead atoms. The van der Waals surface area contributed by atoms with E-state index in [-0.39, 0.29) is 12.1 Å². The Labute approximate surface area is 136 Å². The third-order valence-corrected chi connectivity index (χ3v) is 6.47. The average Bonchev–Trinajstić information content (AvgIpc) is 2.52. The van der Waals surface area contributed by atoms with Crippen molar-refractivity contribution in [3.05, 3.63) is 12.2 Å². The number of carbonyl (C=O) groups is 1. The van der Waals surface area contributed by atoms with Crippen molar-refractivity contribution in [2.24, 2.45) is 0 Å². The Bertz CT molecular complexity index is 320. The molecule has 0 amide bonds. The molecule has 22 heavy (non-hydrogen) atoms. The molecular formula is C16H32O5Si. The summed E-state index contributed by atoms with van der Waals surface area (Å²) in [6.07, 6.45) is 5.96. The molecule has 5 nitrogen and oxygen atoms in total. The van der Waals surface area contributed by atoms with Crippen LogP contribution >= 0.6 is 0 Å². The predicted molar refractivity (Wildman–Crippen MR) is 89.7 cm³/mol. The smallest absolute Gasteiger partial charge is 0.459 e. The first kappa shape index (κ1) is 21.3. The lowest BCUT2D eigenvalue weighted by molar-refractivity contribution is -0.144. The van der Waals surface area contributed by atoms with Gasteiger partial charge in [0.25, 0.3) is 0 Å². The quantitative estimate of drug-likeness (QED) is 0.223. The van der Waals surface area contributed by atoms with E-state index in [4.69, 9.17) is 18.0 Å².